The Morgan fingerprint density at radius 2 is 1.71 bits per heavy atom. The average Bonchev–Trinajstić information content (AvgIpc) is 4.11. The molecular formula is C42H46Cl3N5O5. The molecule has 1 saturated heterocycles. The Balaban J connectivity index is 1.13. The molecular weight excluding hydrogens is 761 g/mol. The fourth-order valence-electron chi connectivity index (χ4n) is 7.50. The molecule has 2 bridgehead atoms. The number of carbonyl (C=O) groups is 2. The molecule has 7 rings (SSSR count). The van der Waals surface area contributed by atoms with Gasteiger partial charge >= 0.3 is 6.03 Å². The summed E-state index contributed by atoms with van der Waals surface area (Å²) in [5.41, 5.74) is 4.77. The molecule has 0 radical (unpaired) electrons. The number of ether oxygens (including phenoxy) is 3. The van der Waals surface area contributed by atoms with Crippen molar-refractivity contribution >= 4 is 52.3 Å². The quantitative estimate of drug-likeness (QED) is 0.151. The second-order valence-corrected chi connectivity index (χ2v) is 16.2. The van der Waals surface area contributed by atoms with Gasteiger partial charge in [0.2, 0.25) is 0 Å². The van der Waals surface area contributed by atoms with Crippen LogP contribution in [0.3, 0.4) is 0 Å². The molecule has 0 unspecified atom stereocenters. The monoisotopic (exact) mass is 805 g/mol. The predicted octanol–water partition coefficient (Wildman–Crippen LogP) is 7.75. The van der Waals surface area contributed by atoms with E-state index in [0.29, 0.717) is 77.6 Å². The smallest absolute Gasteiger partial charge is 0.318 e. The molecule has 3 aromatic carbocycles. The maximum Gasteiger partial charge on any atom is 0.318 e. The van der Waals surface area contributed by atoms with Crippen LogP contribution in [0.25, 0.3) is 5.57 Å². The lowest BCUT2D eigenvalue weighted by molar-refractivity contribution is -0.128. The van der Waals surface area contributed by atoms with Crippen LogP contribution < -0.4 is 20.1 Å². The van der Waals surface area contributed by atoms with Gasteiger partial charge in [-0.2, -0.15) is 5.26 Å². The van der Waals surface area contributed by atoms with E-state index in [1.807, 2.05) is 48.2 Å². The summed E-state index contributed by atoms with van der Waals surface area (Å²) in [5.74, 6) is 1.03. The van der Waals surface area contributed by atoms with Gasteiger partial charge in [0.15, 0.2) is 5.75 Å². The first-order valence-electron chi connectivity index (χ1n) is 18.9. The molecule has 2 aliphatic carbocycles. The van der Waals surface area contributed by atoms with Crippen molar-refractivity contribution in [2.45, 2.75) is 82.1 Å². The largest absolute Gasteiger partial charge is 0.490 e. The molecule has 55 heavy (non-hydrogen) atoms. The number of nitriles is 1. The summed E-state index contributed by atoms with van der Waals surface area (Å²) in [6.45, 7) is 4.26. The van der Waals surface area contributed by atoms with Crippen molar-refractivity contribution in [2.24, 2.45) is 0 Å². The van der Waals surface area contributed by atoms with Crippen LogP contribution >= 0.6 is 34.8 Å². The summed E-state index contributed by atoms with van der Waals surface area (Å²) in [5, 5.41) is 17.8. The van der Waals surface area contributed by atoms with E-state index in [9.17, 15) is 10.1 Å². The molecule has 2 aliphatic heterocycles. The van der Waals surface area contributed by atoms with E-state index in [4.69, 9.17) is 49.0 Å². The summed E-state index contributed by atoms with van der Waals surface area (Å²) in [7, 11) is 1.70. The van der Waals surface area contributed by atoms with Gasteiger partial charge in [0, 0.05) is 56.0 Å². The normalized spacial score (nSPS) is 19.7. The van der Waals surface area contributed by atoms with Crippen molar-refractivity contribution in [3.63, 3.8) is 0 Å². The van der Waals surface area contributed by atoms with Crippen LogP contribution in [0.2, 0.25) is 15.1 Å². The molecule has 3 aromatic rings. The van der Waals surface area contributed by atoms with Crippen molar-refractivity contribution in [3.05, 3.63) is 97.5 Å². The Morgan fingerprint density at radius 3 is 2.38 bits per heavy atom. The number of rotatable bonds is 15. The second kappa shape index (κ2) is 17.0. The highest BCUT2D eigenvalue weighted by atomic mass is 35.5. The summed E-state index contributed by atoms with van der Waals surface area (Å²) in [4.78, 5) is 32.2. The molecule has 2 N–H and O–H groups in total. The van der Waals surface area contributed by atoms with Gasteiger partial charge in [0.25, 0.3) is 5.91 Å². The molecule has 3 fully saturated rings. The SMILES string of the molecule is COCCCc1ccc(Cl)c(CN(C(=O)C2=C(c3ccc(OCCOc4c(Cl)cc(C)cc4Cl)cc3)C[C@@H]3CN(C(=O)NC4(C#N)CC4)C[C@H]2N3)C2CC2)c1. The Morgan fingerprint density at radius 1 is 0.982 bits per heavy atom. The zero-order valence-corrected chi connectivity index (χ0v) is 33.4. The van der Waals surface area contributed by atoms with Gasteiger partial charge in [-0.05, 0) is 110 Å². The van der Waals surface area contributed by atoms with Gasteiger partial charge in [-0.1, -0.05) is 59.1 Å². The number of aryl methyl sites for hydroxylation is 2. The first kappa shape index (κ1) is 39.3. The molecule has 0 aromatic heterocycles. The van der Waals surface area contributed by atoms with Gasteiger partial charge in [-0.25, -0.2) is 4.79 Å². The molecule has 10 nitrogen and oxygen atoms in total. The summed E-state index contributed by atoms with van der Waals surface area (Å²) in [6, 6.07) is 19.1. The number of benzene rings is 3. The van der Waals surface area contributed by atoms with E-state index in [2.05, 4.69) is 22.8 Å². The van der Waals surface area contributed by atoms with E-state index in [1.54, 1.807) is 24.1 Å². The van der Waals surface area contributed by atoms with E-state index in [-0.39, 0.29) is 37.2 Å². The van der Waals surface area contributed by atoms with Crippen LogP contribution in [-0.2, 0) is 22.5 Å². The fourth-order valence-corrected chi connectivity index (χ4v) is 8.39. The molecule has 13 heteroatoms. The number of carbonyl (C=O) groups excluding carboxylic acids is 2. The second-order valence-electron chi connectivity index (χ2n) is 15.0. The Labute approximate surface area is 337 Å². The van der Waals surface area contributed by atoms with Crippen LogP contribution in [0, 0.1) is 18.3 Å². The Bertz CT molecular complexity index is 1970. The van der Waals surface area contributed by atoms with E-state index >= 15 is 4.79 Å². The van der Waals surface area contributed by atoms with Crippen LogP contribution in [0.4, 0.5) is 4.79 Å². The number of piperazine rings is 1. The third-order valence-corrected chi connectivity index (χ3v) is 11.6. The molecule has 2 saturated carbocycles. The summed E-state index contributed by atoms with van der Waals surface area (Å²) in [6.07, 6.45) is 5.43. The van der Waals surface area contributed by atoms with Crippen LogP contribution in [-0.4, -0.2) is 85.4 Å². The third-order valence-electron chi connectivity index (χ3n) is 10.7. The molecule has 0 spiro atoms. The Hall–Kier alpha value is -3.98. The van der Waals surface area contributed by atoms with Crippen LogP contribution in [0.5, 0.6) is 11.5 Å². The van der Waals surface area contributed by atoms with Gasteiger partial charge in [-0.3, -0.25) is 4.79 Å². The van der Waals surface area contributed by atoms with Crippen molar-refractivity contribution in [3.8, 4) is 17.6 Å². The van der Waals surface area contributed by atoms with Gasteiger partial charge < -0.3 is 34.6 Å². The molecule has 4 aliphatic rings. The van der Waals surface area contributed by atoms with E-state index < -0.39 is 11.6 Å². The minimum atomic E-state index is -0.784. The molecule has 2 atom stereocenters. The highest BCUT2D eigenvalue weighted by Gasteiger charge is 2.48. The number of hydrogen-bond donors (Lipinski definition) is 2. The van der Waals surface area contributed by atoms with E-state index in [1.165, 1.54) is 0 Å². The zero-order chi connectivity index (χ0) is 38.7. The van der Waals surface area contributed by atoms with Gasteiger partial charge in [-0.15, -0.1) is 0 Å². The maximum atomic E-state index is 15.0. The number of amides is 3. The van der Waals surface area contributed by atoms with Crippen molar-refractivity contribution in [1.82, 2.24) is 20.4 Å². The third kappa shape index (κ3) is 9.36. The highest BCUT2D eigenvalue weighted by Crippen LogP contribution is 2.40. The van der Waals surface area contributed by atoms with Crippen molar-refractivity contribution in [2.75, 3.05) is 40.0 Å². The predicted molar refractivity (Wildman–Crippen MR) is 214 cm³/mol. The number of fused-ring (bicyclic) bond motifs is 2. The number of methoxy groups -OCH3 is 1. The highest BCUT2D eigenvalue weighted by molar-refractivity contribution is 6.37. The molecule has 2 heterocycles. The minimum absolute atomic E-state index is 0.0573. The number of halogens is 3. The zero-order valence-electron chi connectivity index (χ0n) is 31.1. The van der Waals surface area contributed by atoms with Gasteiger partial charge in [0.05, 0.1) is 22.2 Å². The molecule has 290 valence electrons. The van der Waals surface area contributed by atoms with Gasteiger partial charge in [0.1, 0.15) is 24.5 Å². The number of hydrogen-bond acceptors (Lipinski definition) is 7. The minimum Gasteiger partial charge on any atom is -0.490 e. The number of nitrogens with one attached hydrogen (secondary N) is 2. The van der Waals surface area contributed by atoms with E-state index in [0.717, 1.165) is 53.5 Å². The Kier molecular flexibility index (Phi) is 12.2. The first-order valence-corrected chi connectivity index (χ1v) is 20.1. The first-order chi connectivity index (χ1) is 26.6. The number of urea groups is 1. The van der Waals surface area contributed by atoms with Crippen LogP contribution in [0.15, 0.2) is 60.2 Å². The summed E-state index contributed by atoms with van der Waals surface area (Å²) < 4.78 is 17.1. The number of nitrogens with zero attached hydrogens (tertiary/aromatic N) is 3. The van der Waals surface area contributed by atoms with Crippen LogP contribution in [0.1, 0.15) is 60.8 Å². The van der Waals surface area contributed by atoms with Crippen molar-refractivity contribution in [1.29, 1.82) is 5.26 Å². The summed E-state index contributed by atoms with van der Waals surface area (Å²) >= 11 is 19.4. The maximum absolute atomic E-state index is 15.0. The lowest BCUT2D eigenvalue weighted by Gasteiger charge is -2.45. The average molecular weight is 807 g/mol. The standard InChI is InChI=1S/C42H46Cl3N5O5/c1-26-18-35(44)39(36(45)19-26)55-17-16-54-32-10-6-28(7-11-32)33-21-30-23-49(41(52)48-42(25-46)13-14-42)24-37(47-30)38(33)40(51)50(31-8-9-31)22-29-20-27(4-3-15-53-2)5-12-34(29)43/h5-7,10-12,18-20,30-31,37,47H,3-4,8-9,13-17,21-24H2,1-2H3,(H,48,52)/t30-,37-/m1/s1. The fraction of sp³-hybridized carbons (Fsp3) is 0.452. The topological polar surface area (TPSA) is 116 Å². The molecule has 3 amide bonds. The van der Waals surface area contributed by atoms with Crippen molar-refractivity contribution < 1.29 is 23.8 Å². The lowest BCUT2D eigenvalue weighted by atomic mass is 9.83. The lowest BCUT2D eigenvalue weighted by Crippen LogP contribution is -2.64.